The minimum Gasteiger partial charge on any atom is -0.433 e. The van der Waals surface area contributed by atoms with Gasteiger partial charge in [0.2, 0.25) is 5.88 Å². The molecule has 2 aromatic heterocycles. The lowest BCUT2D eigenvalue weighted by Gasteiger charge is -2.35. The molecule has 144 valence electrons. The van der Waals surface area contributed by atoms with E-state index >= 15 is 0 Å². The quantitative estimate of drug-likeness (QED) is 0.377. The fourth-order valence-electron chi connectivity index (χ4n) is 3.78. The zero-order valence-corrected chi connectivity index (χ0v) is 17.7. The van der Waals surface area contributed by atoms with Gasteiger partial charge in [-0.2, -0.15) is 0 Å². The van der Waals surface area contributed by atoms with E-state index in [9.17, 15) is 0 Å². The molecule has 0 spiro atoms. The van der Waals surface area contributed by atoms with Crippen molar-refractivity contribution in [3.63, 3.8) is 0 Å². The molecule has 0 saturated heterocycles. The fourth-order valence-corrected chi connectivity index (χ4v) is 3.78. The van der Waals surface area contributed by atoms with E-state index in [0.717, 1.165) is 28.4 Å². The summed E-state index contributed by atoms with van der Waals surface area (Å²) in [4.78, 5) is 11.2. The molecule has 0 atom stereocenters. The predicted octanol–water partition coefficient (Wildman–Crippen LogP) is 6.58. The Bertz CT molecular complexity index is 1010. The molecule has 0 N–H and O–H groups in total. The normalized spacial score (nSPS) is 13.0. The minimum atomic E-state index is 0.105. The molecule has 0 unspecified atom stereocenters. The Balaban J connectivity index is 2.00. The van der Waals surface area contributed by atoms with E-state index in [1.165, 1.54) is 22.4 Å². The third kappa shape index (κ3) is 3.03. The zero-order chi connectivity index (χ0) is 20.2. The van der Waals surface area contributed by atoms with E-state index in [2.05, 4.69) is 80.7 Å². The number of aromatic nitrogens is 2. The molecule has 3 heterocycles. The van der Waals surface area contributed by atoms with Crippen LogP contribution in [-0.2, 0) is 5.41 Å². The van der Waals surface area contributed by atoms with Crippen LogP contribution in [-0.4, -0.2) is 9.97 Å². The highest BCUT2D eigenvalue weighted by atomic mass is 16.5. The Labute approximate surface area is 167 Å². The molecule has 3 aromatic rings. The van der Waals surface area contributed by atoms with E-state index in [4.69, 9.17) is 4.74 Å². The maximum absolute atomic E-state index is 6.08. The van der Waals surface area contributed by atoms with Crippen LogP contribution in [0.1, 0.15) is 48.7 Å². The van der Waals surface area contributed by atoms with Crippen molar-refractivity contribution in [2.24, 2.45) is 0 Å². The number of fused-ring (bicyclic) bond motifs is 2. The van der Waals surface area contributed by atoms with Crippen LogP contribution in [0.4, 0.5) is 17.1 Å². The number of rotatable bonds is 1. The number of pyridine rings is 2. The first-order chi connectivity index (χ1) is 13.1. The van der Waals surface area contributed by atoms with Gasteiger partial charge in [0.25, 0.3) is 0 Å². The predicted molar refractivity (Wildman–Crippen MR) is 114 cm³/mol. The van der Waals surface area contributed by atoms with Crippen molar-refractivity contribution < 1.29 is 4.74 Å². The standard InChI is InChI=1S/C24H27N3O/c1-14-8-20-23(26-12-14)28-21-13-25-17(4)11-19(21)27(20)22-15(2)9-18(10-16(22)3)24(5,6)7/h8-13H,1-7H3. The summed E-state index contributed by atoms with van der Waals surface area (Å²) in [5.41, 5.74) is 9.12. The van der Waals surface area contributed by atoms with Gasteiger partial charge in [-0.3, -0.25) is 4.98 Å². The van der Waals surface area contributed by atoms with E-state index in [1.807, 2.05) is 13.1 Å². The van der Waals surface area contributed by atoms with Crippen LogP contribution < -0.4 is 9.64 Å². The van der Waals surface area contributed by atoms with E-state index in [-0.39, 0.29) is 5.41 Å². The van der Waals surface area contributed by atoms with Crippen molar-refractivity contribution >= 4 is 17.1 Å². The molecule has 0 aliphatic carbocycles. The first-order valence-electron chi connectivity index (χ1n) is 9.68. The van der Waals surface area contributed by atoms with Crippen molar-refractivity contribution in [3.8, 4) is 11.6 Å². The van der Waals surface area contributed by atoms with Crippen molar-refractivity contribution in [2.75, 3.05) is 4.90 Å². The van der Waals surface area contributed by atoms with Crippen LogP contribution in [0.5, 0.6) is 11.6 Å². The Morgan fingerprint density at radius 1 is 0.821 bits per heavy atom. The summed E-state index contributed by atoms with van der Waals surface area (Å²) in [7, 11) is 0. The number of hydrogen-bond donors (Lipinski definition) is 0. The van der Waals surface area contributed by atoms with Gasteiger partial charge >= 0.3 is 0 Å². The molecule has 0 radical (unpaired) electrons. The second kappa shape index (κ2) is 6.33. The highest BCUT2D eigenvalue weighted by Gasteiger charge is 2.30. The highest BCUT2D eigenvalue weighted by Crippen LogP contribution is 2.51. The molecule has 4 rings (SSSR count). The smallest absolute Gasteiger partial charge is 0.243 e. The van der Waals surface area contributed by atoms with Gasteiger partial charge in [0.15, 0.2) is 5.75 Å². The molecule has 28 heavy (non-hydrogen) atoms. The third-order valence-corrected chi connectivity index (χ3v) is 5.22. The van der Waals surface area contributed by atoms with E-state index in [1.54, 1.807) is 6.20 Å². The second-order valence-corrected chi connectivity index (χ2v) is 8.78. The lowest BCUT2D eigenvalue weighted by atomic mass is 9.84. The molecule has 0 amide bonds. The highest BCUT2D eigenvalue weighted by molar-refractivity contribution is 5.87. The van der Waals surface area contributed by atoms with Gasteiger partial charge in [-0.05, 0) is 67.5 Å². The zero-order valence-electron chi connectivity index (χ0n) is 17.7. The molecule has 1 aliphatic heterocycles. The third-order valence-electron chi connectivity index (χ3n) is 5.22. The molecule has 4 heteroatoms. The van der Waals surface area contributed by atoms with Crippen molar-refractivity contribution in [2.45, 2.75) is 53.9 Å². The number of aryl methyl sites for hydroxylation is 4. The Morgan fingerprint density at radius 2 is 1.50 bits per heavy atom. The molecule has 4 nitrogen and oxygen atoms in total. The molecule has 0 bridgehead atoms. The molecule has 1 aliphatic rings. The van der Waals surface area contributed by atoms with Crippen LogP contribution in [0.2, 0.25) is 0 Å². The first kappa shape index (κ1) is 18.5. The SMILES string of the molecule is Cc1cnc2c(c1)N(c1c(C)cc(C(C)(C)C)cc1C)c1cc(C)ncc1O2. The van der Waals surface area contributed by atoms with Gasteiger partial charge < -0.3 is 9.64 Å². The molecule has 0 saturated carbocycles. The van der Waals surface area contributed by atoms with Crippen LogP contribution in [0.25, 0.3) is 0 Å². The maximum Gasteiger partial charge on any atom is 0.243 e. The van der Waals surface area contributed by atoms with Crippen LogP contribution in [0.15, 0.2) is 36.7 Å². The number of ether oxygens (including phenoxy) is 1. The van der Waals surface area contributed by atoms with Crippen LogP contribution >= 0.6 is 0 Å². The van der Waals surface area contributed by atoms with Gasteiger partial charge in [-0.15, -0.1) is 0 Å². The van der Waals surface area contributed by atoms with E-state index in [0.29, 0.717) is 5.88 Å². The topological polar surface area (TPSA) is 38.2 Å². The summed E-state index contributed by atoms with van der Waals surface area (Å²) in [5, 5.41) is 0. The monoisotopic (exact) mass is 373 g/mol. The molecule has 0 fully saturated rings. The van der Waals surface area contributed by atoms with Gasteiger partial charge in [0, 0.05) is 11.9 Å². The van der Waals surface area contributed by atoms with Crippen molar-refractivity contribution in [1.29, 1.82) is 0 Å². The Morgan fingerprint density at radius 3 is 2.14 bits per heavy atom. The average molecular weight is 374 g/mol. The molecular weight excluding hydrogens is 346 g/mol. The number of benzene rings is 1. The van der Waals surface area contributed by atoms with Gasteiger partial charge in [0.05, 0.1) is 17.6 Å². The average Bonchev–Trinajstić information content (AvgIpc) is 2.60. The Kier molecular flexibility index (Phi) is 4.18. The summed E-state index contributed by atoms with van der Waals surface area (Å²) in [6.45, 7) is 15.2. The largest absolute Gasteiger partial charge is 0.433 e. The summed E-state index contributed by atoms with van der Waals surface area (Å²) in [6, 6.07) is 8.82. The van der Waals surface area contributed by atoms with E-state index < -0.39 is 0 Å². The summed E-state index contributed by atoms with van der Waals surface area (Å²) < 4.78 is 6.08. The Hall–Kier alpha value is -2.88. The van der Waals surface area contributed by atoms with Gasteiger partial charge in [0.1, 0.15) is 5.69 Å². The summed E-state index contributed by atoms with van der Waals surface area (Å²) in [6.07, 6.45) is 3.63. The van der Waals surface area contributed by atoms with Crippen LogP contribution in [0, 0.1) is 27.7 Å². The number of anilines is 3. The first-order valence-corrected chi connectivity index (χ1v) is 9.68. The van der Waals surface area contributed by atoms with Gasteiger partial charge in [-0.1, -0.05) is 32.9 Å². The summed E-state index contributed by atoms with van der Waals surface area (Å²) in [5.74, 6) is 1.34. The number of nitrogens with zero attached hydrogens (tertiary/aromatic N) is 3. The molecule has 1 aromatic carbocycles. The van der Waals surface area contributed by atoms with Crippen LogP contribution in [0.3, 0.4) is 0 Å². The lowest BCUT2D eigenvalue weighted by Crippen LogP contribution is -2.20. The second-order valence-electron chi connectivity index (χ2n) is 8.78. The molecular formula is C24H27N3O. The van der Waals surface area contributed by atoms with Gasteiger partial charge in [-0.25, -0.2) is 4.98 Å². The van der Waals surface area contributed by atoms with Crippen molar-refractivity contribution in [1.82, 2.24) is 9.97 Å². The summed E-state index contributed by atoms with van der Waals surface area (Å²) >= 11 is 0. The minimum absolute atomic E-state index is 0.105. The number of hydrogen-bond acceptors (Lipinski definition) is 4. The lowest BCUT2D eigenvalue weighted by molar-refractivity contribution is 0.454. The maximum atomic E-state index is 6.08. The van der Waals surface area contributed by atoms with Crippen molar-refractivity contribution in [3.05, 3.63) is 64.6 Å². The fraction of sp³-hybridized carbons (Fsp3) is 0.333.